The lowest BCUT2D eigenvalue weighted by Gasteiger charge is -2.05. The first kappa shape index (κ1) is 12.4. The van der Waals surface area contributed by atoms with E-state index in [1.165, 1.54) is 18.0 Å². The molecule has 88 valence electrons. The zero-order valence-corrected chi connectivity index (χ0v) is 11.9. The molecule has 4 nitrogen and oxygen atoms in total. The number of aromatic carboxylic acids is 1. The van der Waals surface area contributed by atoms with Gasteiger partial charge in [0.05, 0.1) is 0 Å². The molecule has 6 heteroatoms. The van der Waals surface area contributed by atoms with E-state index < -0.39 is 5.97 Å². The molecule has 1 N–H and O–H groups in total. The van der Waals surface area contributed by atoms with E-state index in [-0.39, 0.29) is 5.69 Å². The number of carbonyl (C=O) groups is 1. The summed E-state index contributed by atoms with van der Waals surface area (Å²) in [6.45, 7) is 0. The fourth-order valence-corrected chi connectivity index (χ4v) is 2.30. The summed E-state index contributed by atoms with van der Waals surface area (Å²) in [7, 11) is 0. The minimum Gasteiger partial charge on any atom is -0.476 e. The summed E-state index contributed by atoms with van der Waals surface area (Å²) in [5.74, 6) is -1.01. The van der Waals surface area contributed by atoms with Crippen molar-refractivity contribution < 1.29 is 9.90 Å². The van der Waals surface area contributed by atoms with Crippen molar-refractivity contribution >= 4 is 40.3 Å². The molecular formula is C11H9IN2O2S. The van der Waals surface area contributed by atoms with E-state index in [1.54, 1.807) is 4.57 Å². The summed E-state index contributed by atoms with van der Waals surface area (Å²) < 4.78 is 2.92. The predicted molar refractivity (Wildman–Crippen MR) is 75.0 cm³/mol. The Balaban J connectivity index is 2.50. The molecule has 0 bridgehead atoms. The summed E-state index contributed by atoms with van der Waals surface area (Å²) in [6, 6.07) is 7.82. The molecule has 0 aliphatic rings. The van der Waals surface area contributed by atoms with Gasteiger partial charge in [0.25, 0.3) is 0 Å². The molecule has 0 radical (unpaired) electrons. The Labute approximate surface area is 116 Å². The number of hydrogen-bond donors (Lipinski definition) is 1. The highest BCUT2D eigenvalue weighted by Gasteiger charge is 2.13. The molecular weight excluding hydrogens is 351 g/mol. The maximum atomic E-state index is 10.9. The highest BCUT2D eigenvalue weighted by molar-refractivity contribution is 14.1. The van der Waals surface area contributed by atoms with Crippen LogP contribution < -0.4 is 0 Å². The number of carboxylic acid groups (broad SMARTS) is 1. The van der Waals surface area contributed by atoms with Gasteiger partial charge in [0.2, 0.25) is 0 Å². The number of nitrogens with zero attached hydrogens (tertiary/aromatic N) is 2. The van der Waals surface area contributed by atoms with Gasteiger partial charge in [0.15, 0.2) is 10.9 Å². The summed E-state index contributed by atoms with van der Waals surface area (Å²) in [4.78, 5) is 14.9. The van der Waals surface area contributed by atoms with Gasteiger partial charge in [0, 0.05) is 15.5 Å². The third-order valence-corrected chi connectivity index (χ3v) is 3.55. The Morgan fingerprint density at radius 3 is 2.59 bits per heavy atom. The molecule has 0 saturated carbocycles. The first-order valence-electron chi connectivity index (χ1n) is 4.74. The molecule has 1 heterocycles. The van der Waals surface area contributed by atoms with E-state index in [0.29, 0.717) is 5.16 Å². The molecule has 0 amide bonds. The average Bonchev–Trinajstić information content (AvgIpc) is 2.74. The Morgan fingerprint density at radius 2 is 2.06 bits per heavy atom. The van der Waals surface area contributed by atoms with Crippen molar-refractivity contribution in [3.05, 3.63) is 39.7 Å². The second kappa shape index (κ2) is 5.09. The lowest BCUT2D eigenvalue weighted by molar-refractivity contribution is 0.0690. The van der Waals surface area contributed by atoms with Gasteiger partial charge in [-0.05, 0) is 53.1 Å². The smallest absolute Gasteiger partial charge is 0.356 e. The monoisotopic (exact) mass is 360 g/mol. The van der Waals surface area contributed by atoms with Crippen LogP contribution in [0.4, 0.5) is 0 Å². The van der Waals surface area contributed by atoms with Crippen LogP contribution in [0.25, 0.3) is 5.69 Å². The molecule has 1 aromatic heterocycles. The summed E-state index contributed by atoms with van der Waals surface area (Å²) in [5.41, 5.74) is 0.975. The van der Waals surface area contributed by atoms with Crippen LogP contribution in [0.2, 0.25) is 0 Å². The largest absolute Gasteiger partial charge is 0.476 e. The molecule has 2 aromatic rings. The van der Waals surface area contributed by atoms with Crippen LogP contribution in [0.3, 0.4) is 0 Å². The van der Waals surface area contributed by atoms with Crippen LogP contribution >= 0.6 is 34.4 Å². The second-order valence-corrected chi connectivity index (χ2v) is 5.28. The predicted octanol–water partition coefficient (Wildman–Crippen LogP) is 2.90. The molecule has 0 unspecified atom stereocenters. The van der Waals surface area contributed by atoms with Gasteiger partial charge < -0.3 is 5.11 Å². The molecule has 1 aromatic carbocycles. The van der Waals surface area contributed by atoms with Crippen molar-refractivity contribution in [2.45, 2.75) is 5.16 Å². The van der Waals surface area contributed by atoms with Gasteiger partial charge in [0.1, 0.15) is 0 Å². The number of benzene rings is 1. The van der Waals surface area contributed by atoms with Crippen LogP contribution in [0.15, 0.2) is 35.6 Å². The third kappa shape index (κ3) is 2.63. The molecule has 0 fully saturated rings. The highest BCUT2D eigenvalue weighted by atomic mass is 127. The third-order valence-electron chi connectivity index (χ3n) is 2.18. The van der Waals surface area contributed by atoms with E-state index in [2.05, 4.69) is 27.6 Å². The number of imidazole rings is 1. The minimum absolute atomic E-state index is 0.0629. The van der Waals surface area contributed by atoms with E-state index in [1.807, 2.05) is 30.5 Å². The number of rotatable bonds is 3. The van der Waals surface area contributed by atoms with Crippen LogP contribution in [-0.2, 0) is 0 Å². The van der Waals surface area contributed by atoms with Crippen LogP contribution in [0.5, 0.6) is 0 Å². The van der Waals surface area contributed by atoms with Gasteiger partial charge >= 0.3 is 5.97 Å². The van der Waals surface area contributed by atoms with Crippen molar-refractivity contribution in [1.29, 1.82) is 0 Å². The first-order chi connectivity index (χ1) is 8.11. The SMILES string of the molecule is CSc1nc(C(=O)O)cn1-c1ccc(I)cc1. The van der Waals surface area contributed by atoms with Crippen molar-refractivity contribution in [3.63, 3.8) is 0 Å². The molecule has 0 saturated heterocycles. The second-order valence-electron chi connectivity index (χ2n) is 3.26. The zero-order valence-electron chi connectivity index (χ0n) is 8.92. The Hall–Kier alpha value is -1.02. The maximum Gasteiger partial charge on any atom is 0.356 e. The van der Waals surface area contributed by atoms with E-state index in [4.69, 9.17) is 5.11 Å². The standard InChI is InChI=1S/C11H9IN2O2S/c1-17-11-13-9(10(15)16)6-14(11)8-4-2-7(12)3-5-8/h2-6H,1H3,(H,15,16). The van der Waals surface area contributed by atoms with E-state index in [0.717, 1.165) is 9.26 Å². The highest BCUT2D eigenvalue weighted by Crippen LogP contribution is 2.20. The van der Waals surface area contributed by atoms with Crippen molar-refractivity contribution in [1.82, 2.24) is 9.55 Å². The van der Waals surface area contributed by atoms with Gasteiger partial charge in [-0.1, -0.05) is 11.8 Å². The molecule has 2 rings (SSSR count). The van der Waals surface area contributed by atoms with Crippen LogP contribution in [-0.4, -0.2) is 26.9 Å². The molecule has 17 heavy (non-hydrogen) atoms. The number of aromatic nitrogens is 2. The zero-order chi connectivity index (χ0) is 12.4. The number of thioether (sulfide) groups is 1. The Kier molecular flexibility index (Phi) is 3.72. The van der Waals surface area contributed by atoms with Gasteiger partial charge in [-0.25, -0.2) is 9.78 Å². The number of halogens is 1. The normalized spacial score (nSPS) is 10.5. The fourth-order valence-electron chi connectivity index (χ4n) is 1.40. The van der Waals surface area contributed by atoms with Crippen LogP contribution in [0.1, 0.15) is 10.5 Å². The average molecular weight is 360 g/mol. The summed E-state index contributed by atoms with van der Waals surface area (Å²) in [5, 5.41) is 9.59. The van der Waals surface area contributed by atoms with E-state index >= 15 is 0 Å². The topological polar surface area (TPSA) is 55.1 Å². The molecule has 0 aliphatic carbocycles. The van der Waals surface area contributed by atoms with Gasteiger partial charge in [-0.15, -0.1) is 0 Å². The maximum absolute atomic E-state index is 10.9. The number of hydrogen-bond acceptors (Lipinski definition) is 3. The van der Waals surface area contributed by atoms with Crippen molar-refractivity contribution in [2.24, 2.45) is 0 Å². The molecule has 0 spiro atoms. The summed E-state index contributed by atoms with van der Waals surface area (Å²) in [6.07, 6.45) is 3.41. The Bertz CT molecular complexity index is 551. The lowest BCUT2D eigenvalue weighted by Crippen LogP contribution is -1.95. The number of carboxylic acids is 1. The Morgan fingerprint density at radius 1 is 1.41 bits per heavy atom. The quantitative estimate of drug-likeness (QED) is 0.676. The first-order valence-corrected chi connectivity index (χ1v) is 7.05. The van der Waals surface area contributed by atoms with Crippen molar-refractivity contribution in [3.8, 4) is 5.69 Å². The van der Waals surface area contributed by atoms with E-state index in [9.17, 15) is 4.79 Å². The summed E-state index contributed by atoms with van der Waals surface area (Å²) >= 11 is 3.64. The lowest BCUT2D eigenvalue weighted by atomic mass is 10.3. The fraction of sp³-hybridized carbons (Fsp3) is 0.0909. The van der Waals surface area contributed by atoms with Gasteiger partial charge in [-0.2, -0.15) is 0 Å². The van der Waals surface area contributed by atoms with Gasteiger partial charge in [-0.3, -0.25) is 4.57 Å². The minimum atomic E-state index is -1.01. The molecule has 0 aliphatic heterocycles. The van der Waals surface area contributed by atoms with Crippen LogP contribution in [0, 0.1) is 3.57 Å². The molecule has 0 atom stereocenters. The van der Waals surface area contributed by atoms with Crippen molar-refractivity contribution in [2.75, 3.05) is 6.26 Å².